The SMILES string of the molecule is COc1cccc(Oc2nc(NCc3ncsc3C(F)(F)F)c3ccccc3n2)c1. The van der Waals surface area contributed by atoms with Crippen LogP contribution in [0.3, 0.4) is 0 Å². The van der Waals surface area contributed by atoms with Gasteiger partial charge in [0.1, 0.15) is 22.2 Å². The maximum atomic E-state index is 13.1. The van der Waals surface area contributed by atoms with E-state index in [-0.39, 0.29) is 18.2 Å². The largest absolute Gasteiger partial charge is 0.497 e. The van der Waals surface area contributed by atoms with E-state index in [0.717, 1.165) is 0 Å². The Balaban J connectivity index is 1.64. The molecule has 1 N–H and O–H groups in total. The lowest BCUT2D eigenvalue weighted by atomic mass is 10.2. The summed E-state index contributed by atoms with van der Waals surface area (Å²) in [4.78, 5) is 11.8. The van der Waals surface area contributed by atoms with Gasteiger partial charge >= 0.3 is 12.2 Å². The first kappa shape index (κ1) is 19.9. The Morgan fingerprint density at radius 1 is 1.03 bits per heavy atom. The molecule has 2 aromatic heterocycles. The quantitative estimate of drug-likeness (QED) is 0.433. The number of thiazole rings is 1. The minimum absolute atomic E-state index is 0.0544. The number of hydrogen-bond donors (Lipinski definition) is 1. The zero-order valence-corrected chi connectivity index (χ0v) is 16.4. The lowest BCUT2D eigenvalue weighted by Crippen LogP contribution is -2.10. The summed E-state index contributed by atoms with van der Waals surface area (Å²) in [5, 5.41) is 3.59. The molecule has 30 heavy (non-hydrogen) atoms. The highest BCUT2D eigenvalue weighted by molar-refractivity contribution is 7.09. The van der Waals surface area contributed by atoms with E-state index in [0.29, 0.717) is 39.6 Å². The molecule has 4 rings (SSSR count). The van der Waals surface area contributed by atoms with E-state index in [1.165, 1.54) is 5.51 Å². The number of alkyl halides is 3. The van der Waals surface area contributed by atoms with Crippen LogP contribution in [0.5, 0.6) is 17.5 Å². The average molecular weight is 432 g/mol. The molecule has 0 unspecified atom stereocenters. The lowest BCUT2D eigenvalue weighted by molar-refractivity contribution is -0.135. The van der Waals surface area contributed by atoms with Gasteiger partial charge in [-0.1, -0.05) is 18.2 Å². The van der Waals surface area contributed by atoms with Crippen molar-refractivity contribution in [2.75, 3.05) is 12.4 Å². The molecule has 0 amide bonds. The summed E-state index contributed by atoms with van der Waals surface area (Å²) in [6.07, 6.45) is -4.45. The van der Waals surface area contributed by atoms with Crippen molar-refractivity contribution in [3.05, 3.63) is 64.6 Å². The Labute approximate surface area is 173 Å². The predicted molar refractivity (Wildman–Crippen MR) is 107 cm³/mol. The summed E-state index contributed by atoms with van der Waals surface area (Å²) in [5.74, 6) is 1.42. The Morgan fingerprint density at radius 2 is 1.83 bits per heavy atom. The van der Waals surface area contributed by atoms with Gasteiger partial charge in [0, 0.05) is 11.5 Å². The van der Waals surface area contributed by atoms with Crippen molar-refractivity contribution in [2.24, 2.45) is 0 Å². The second kappa shape index (κ2) is 8.15. The number of hydrogen-bond acceptors (Lipinski definition) is 7. The van der Waals surface area contributed by atoms with Crippen molar-refractivity contribution in [1.82, 2.24) is 15.0 Å². The molecule has 4 aromatic rings. The molecular formula is C20H15F3N4O2S. The minimum atomic E-state index is -4.45. The number of para-hydroxylation sites is 1. The maximum absolute atomic E-state index is 13.1. The van der Waals surface area contributed by atoms with Crippen LogP contribution < -0.4 is 14.8 Å². The van der Waals surface area contributed by atoms with Crippen LogP contribution in [0.2, 0.25) is 0 Å². The number of ether oxygens (including phenoxy) is 2. The molecule has 2 aromatic carbocycles. The highest BCUT2D eigenvalue weighted by atomic mass is 32.1. The van der Waals surface area contributed by atoms with Gasteiger partial charge in [-0.2, -0.15) is 23.1 Å². The first-order chi connectivity index (χ1) is 14.4. The molecule has 0 fully saturated rings. The molecule has 0 radical (unpaired) electrons. The van der Waals surface area contributed by atoms with E-state index < -0.39 is 11.1 Å². The third-order valence-corrected chi connectivity index (χ3v) is 5.07. The first-order valence-electron chi connectivity index (χ1n) is 8.76. The molecular weight excluding hydrogens is 417 g/mol. The number of benzene rings is 2. The number of methoxy groups -OCH3 is 1. The van der Waals surface area contributed by atoms with Gasteiger partial charge in [0.2, 0.25) is 0 Å². The van der Waals surface area contributed by atoms with Gasteiger partial charge in [0.15, 0.2) is 0 Å². The summed E-state index contributed by atoms with van der Waals surface area (Å²) in [5.41, 5.74) is 1.67. The van der Waals surface area contributed by atoms with Gasteiger partial charge < -0.3 is 14.8 Å². The van der Waals surface area contributed by atoms with Crippen molar-refractivity contribution in [2.45, 2.75) is 12.7 Å². The molecule has 0 bridgehead atoms. The molecule has 0 spiro atoms. The fourth-order valence-corrected chi connectivity index (χ4v) is 3.48. The van der Waals surface area contributed by atoms with E-state index in [2.05, 4.69) is 20.3 Å². The highest BCUT2D eigenvalue weighted by Crippen LogP contribution is 2.35. The Morgan fingerprint density at radius 3 is 2.63 bits per heavy atom. The zero-order valence-electron chi connectivity index (χ0n) is 15.6. The molecule has 0 atom stereocenters. The van der Waals surface area contributed by atoms with Gasteiger partial charge in [-0.3, -0.25) is 0 Å². The van der Waals surface area contributed by atoms with E-state index in [4.69, 9.17) is 9.47 Å². The average Bonchev–Trinajstić information content (AvgIpc) is 3.21. The van der Waals surface area contributed by atoms with Gasteiger partial charge in [-0.25, -0.2) is 4.98 Å². The number of rotatable bonds is 6. The van der Waals surface area contributed by atoms with Crippen molar-refractivity contribution in [1.29, 1.82) is 0 Å². The predicted octanol–water partition coefficient (Wildman–Crippen LogP) is 5.52. The van der Waals surface area contributed by atoms with Crippen LogP contribution in [-0.4, -0.2) is 22.1 Å². The fraction of sp³-hybridized carbons (Fsp3) is 0.150. The number of fused-ring (bicyclic) bond motifs is 1. The Hall–Kier alpha value is -3.40. The van der Waals surface area contributed by atoms with Crippen LogP contribution in [0.4, 0.5) is 19.0 Å². The number of nitrogens with one attached hydrogen (secondary N) is 1. The van der Waals surface area contributed by atoms with Crippen LogP contribution in [-0.2, 0) is 12.7 Å². The van der Waals surface area contributed by atoms with Crippen molar-refractivity contribution in [3.63, 3.8) is 0 Å². The summed E-state index contributed by atoms with van der Waals surface area (Å²) < 4.78 is 50.3. The van der Waals surface area contributed by atoms with Crippen LogP contribution >= 0.6 is 11.3 Å². The first-order valence-corrected chi connectivity index (χ1v) is 9.64. The van der Waals surface area contributed by atoms with Crippen LogP contribution in [0.15, 0.2) is 54.0 Å². The van der Waals surface area contributed by atoms with E-state index >= 15 is 0 Å². The molecule has 0 aliphatic carbocycles. The molecule has 0 aliphatic heterocycles. The van der Waals surface area contributed by atoms with E-state index in [9.17, 15) is 13.2 Å². The molecule has 2 heterocycles. The van der Waals surface area contributed by atoms with E-state index in [1.54, 1.807) is 55.6 Å². The van der Waals surface area contributed by atoms with Crippen LogP contribution in [0.1, 0.15) is 10.6 Å². The van der Waals surface area contributed by atoms with Crippen molar-refractivity contribution < 1.29 is 22.6 Å². The molecule has 6 nitrogen and oxygen atoms in total. The Bertz CT molecular complexity index is 1180. The van der Waals surface area contributed by atoms with Crippen LogP contribution in [0, 0.1) is 0 Å². The molecule has 10 heteroatoms. The maximum Gasteiger partial charge on any atom is 0.427 e. The number of aromatic nitrogens is 3. The highest BCUT2D eigenvalue weighted by Gasteiger charge is 2.35. The third kappa shape index (κ3) is 4.28. The molecule has 154 valence electrons. The Kier molecular flexibility index (Phi) is 5.40. The second-order valence-electron chi connectivity index (χ2n) is 6.13. The normalized spacial score (nSPS) is 11.5. The number of halogens is 3. The number of nitrogens with zero attached hydrogens (tertiary/aromatic N) is 3. The summed E-state index contributed by atoms with van der Waals surface area (Å²) in [7, 11) is 1.54. The summed E-state index contributed by atoms with van der Waals surface area (Å²) in [6, 6.07) is 14.1. The van der Waals surface area contributed by atoms with Crippen LogP contribution in [0.25, 0.3) is 10.9 Å². The smallest absolute Gasteiger partial charge is 0.427 e. The lowest BCUT2D eigenvalue weighted by Gasteiger charge is -2.12. The summed E-state index contributed by atoms with van der Waals surface area (Å²) in [6.45, 7) is -0.141. The molecule has 0 saturated heterocycles. The second-order valence-corrected chi connectivity index (χ2v) is 6.99. The minimum Gasteiger partial charge on any atom is -0.497 e. The molecule has 0 aliphatic rings. The number of anilines is 1. The van der Waals surface area contributed by atoms with Crippen molar-refractivity contribution in [3.8, 4) is 17.5 Å². The van der Waals surface area contributed by atoms with Gasteiger partial charge in [0.05, 0.1) is 30.4 Å². The van der Waals surface area contributed by atoms with Gasteiger partial charge in [-0.05, 0) is 24.3 Å². The summed E-state index contributed by atoms with van der Waals surface area (Å²) >= 11 is 0.558. The topological polar surface area (TPSA) is 69.2 Å². The monoisotopic (exact) mass is 432 g/mol. The third-order valence-electron chi connectivity index (χ3n) is 4.15. The van der Waals surface area contributed by atoms with Gasteiger partial charge in [0.25, 0.3) is 0 Å². The zero-order chi connectivity index (χ0) is 21.1. The van der Waals surface area contributed by atoms with Crippen molar-refractivity contribution >= 4 is 28.1 Å². The van der Waals surface area contributed by atoms with Gasteiger partial charge in [-0.15, -0.1) is 11.3 Å². The van der Waals surface area contributed by atoms with E-state index in [1.807, 2.05) is 0 Å². The standard InChI is InChI=1S/C20H15F3N4O2S/c1-28-12-5-4-6-13(9-12)29-19-26-15-8-3-2-7-14(15)18(27-19)24-10-16-17(20(21,22)23)30-11-25-16/h2-9,11H,10H2,1H3,(H,24,26,27). The fourth-order valence-electron chi connectivity index (χ4n) is 2.80. The molecule has 0 saturated carbocycles.